The fourth-order valence-corrected chi connectivity index (χ4v) is 2.86. The van der Waals surface area contributed by atoms with E-state index in [4.69, 9.17) is 5.73 Å². The van der Waals surface area contributed by atoms with E-state index in [1.54, 1.807) is 11.3 Å². The first-order valence-corrected chi connectivity index (χ1v) is 6.06. The fourth-order valence-electron chi connectivity index (χ4n) is 1.89. The Kier molecular flexibility index (Phi) is 2.71. The minimum Gasteiger partial charge on any atom is -0.384 e. The number of aryl methyl sites for hydroxylation is 3. The average molecular weight is 236 g/mol. The lowest BCUT2D eigenvalue weighted by atomic mass is 10.2. The molecule has 0 amide bonds. The quantitative estimate of drug-likeness (QED) is 0.871. The molecule has 86 valence electrons. The minimum absolute atomic E-state index is 0.153. The van der Waals surface area contributed by atoms with Crippen molar-refractivity contribution in [2.75, 3.05) is 5.73 Å². The van der Waals surface area contributed by atoms with Crippen LogP contribution in [0, 0.1) is 20.8 Å². The summed E-state index contributed by atoms with van der Waals surface area (Å²) in [5.74, 6) is 0.704. The lowest BCUT2D eigenvalue weighted by molar-refractivity contribution is 0.573. The Bertz CT molecular complexity index is 466. The fraction of sp³-hybridized carbons (Fsp3) is 0.455. The van der Waals surface area contributed by atoms with Gasteiger partial charge in [0.1, 0.15) is 5.82 Å². The highest BCUT2D eigenvalue weighted by molar-refractivity contribution is 7.11. The third-order valence-electron chi connectivity index (χ3n) is 2.57. The van der Waals surface area contributed by atoms with Gasteiger partial charge in [0.25, 0.3) is 0 Å². The van der Waals surface area contributed by atoms with E-state index in [0.717, 1.165) is 16.4 Å². The number of anilines is 1. The van der Waals surface area contributed by atoms with Gasteiger partial charge in [-0.25, -0.2) is 9.67 Å². The summed E-state index contributed by atoms with van der Waals surface area (Å²) in [6.45, 7) is 8.10. The van der Waals surface area contributed by atoms with Gasteiger partial charge in [0.05, 0.1) is 27.3 Å². The van der Waals surface area contributed by atoms with Crippen LogP contribution in [0.4, 0.5) is 5.82 Å². The van der Waals surface area contributed by atoms with Gasteiger partial charge in [-0.05, 0) is 27.7 Å². The standard InChI is InChI=1S/C11H16N4S/c1-6-5-10(12)15(14-6)8(3)11-7(2)13-9(4)16-11/h5,8H,12H2,1-4H3. The number of nitrogen functional groups attached to an aromatic ring is 1. The summed E-state index contributed by atoms with van der Waals surface area (Å²) in [5.41, 5.74) is 7.94. The van der Waals surface area contributed by atoms with Gasteiger partial charge in [-0.3, -0.25) is 0 Å². The molecule has 4 nitrogen and oxygen atoms in total. The molecule has 16 heavy (non-hydrogen) atoms. The van der Waals surface area contributed by atoms with Crippen molar-refractivity contribution >= 4 is 17.2 Å². The predicted molar refractivity (Wildman–Crippen MR) is 66.8 cm³/mol. The second-order valence-electron chi connectivity index (χ2n) is 4.01. The molecular weight excluding hydrogens is 220 g/mol. The second-order valence-corrected chi connectivity index (χ2v) is 5.25. The van der Waals surface area contributed by atoms with Crippen molar-refractivity contribution in [3.8, 4) is 0 Å². The zero-order chi connectivity index (χ0) is 11.9. The van der Waals surface area contributed by atoms with Gasteiger partial charge < -0.3 is 5.73 Å². The molecule has 2 aromatic rings. The Hall–Kier alpha value is -1.36. The maximum atomic E-state index is 5.92. The molecule has 2 heterocycles. The van der Waals surface area contributed by atoms with E-state index in [1.807, 2.05) is 31.5 Å². The number of nitrogens with zero attached hydrogens (tertiary/aromatic N) is 3. The Balaban J connectivity index is 2.42. The van der Waals surface area contributed by atoms with Gasteiger partial charge in [-0.2, -0.15) is 5.10 Å². The van der Waals surface area contributed by atoms with Gasteiger partial charge in [0, 0.05) is 6.07 Å². The Morgan fingerprint density at radius 3 is 2.50 bits per heavy atom. The summed E-state index contributed by atoms with van der Waals surface area (Å²) in [5, 5.41) is 5.49. The molecule has 0 aliphatic rings. The van der Waals surface area contributed by atoms with Crippen molar-refractivity contribution in [3.05, 3.63) is 27.3 Å². The number of rotatable bonds is 2. The molecule has 0 bridgehead atoms. The van der Waals surface area contributed by atoms with Gasteiger partial charge in [0.2, 0.25) is 0 Å². The molecule has 0 radical (unpaired) electrons. The molecular formula is C11H16N4S. The van der Waals surface area contributed by atoms with Crippen LogP contribution in [0.5, 0.6) is 0 Å². The van der Waals surface area contributed by atoms with Gasteiger partial charge >= 0.3 is 0 Å². The average Bonchev–Trinajstić information content (AvgIpc) is 2.68. The summed E-state index contributed by atoms with van der Waals surface area (Å²) in [7, 11) is 0. The highest BCUT2D eigenvalue weighted by Gasteiger charge is 2.17. The van der Waals surface area contributed by atoms with Crippen LogP contribution in [-0.4, -0.2) is 14.8 Å². The third-order valence-corrected chi connectivity index (χ3v) is 3.82. The number of hydrogen-bond donors (Lipinski definition) is 1. The number of thiazole rings is 1. The van der Waals surface area contributed by atoms with Gasteiger partial charge in [0.15, 0.2) is 0 Å². The normalized spacial score (nSPS) is 13.0. The first kappa shape index (κ1) is 11.1. The monoisotopic (exact) mass is 236 g/mol. The molecule has 0 fully saturated rings. The van der Waals surface area contributed by atoms with Crippen LogP contribution in [0.2, 0.25) is 0 Å². The van der Waals surface area contributed by atoms with Crippen LogP contribution in [0.3, 0.4) is 0 Å². The minimum atomic E-state index is 0.153. The maximum Gasteiger partial charge on any atom is 0.122 e. The van der Waals surface area contributed by atoms with Crippen LogP contribution in [0.15, 0.2) is 6.07 Å². The van der Waals surface area contributed by atoms with E-state index < -0.39 is 0 Å². The Morgan fingerprint density at radius 2 is 2.06 bits per heavy atom. The largest absolute Gasteiger partial charge is 0.384 e. The topological polar surface area (TPSA) is 56.7 Å². The SMILES string of the molecule is Cc1cc(N)n(C(C)c2sc(C)nc2C)n1. The summed E-state index contributed by atoms with van der Waals surface area (Å²) in [6.07, 6.45) is 0. The van der Waals surface area contributed by atoms with Gasteiger partial charge in [-0.15, -0.1) is 11.3 Å². The molecule has 2 N–H and O–H groups in total. The first-order valence-electron chi connectivity index (χ1n) is 5.24. The molecule has 0 aliphatic heterocycles. The van der Waals surface area contributed by atoms with E-state index in [2.05, 4.69) is 17.0 Å². The van der Waals surface area contributed by atoms with Crippen molar-refractivity contribution in [1.29, 1.82) is 0 Å². The van der Waals surface area contributed by atoms with E-state index in [1.165, 1.54) is 4.88 Å². The number of aromatic nitrogens is 3. The lowest BCUT2D eigenvalue weighted by Gasteiger charge is -2.12. The summed E-state index contributed by atoms with van der Waals surface area (Å²) in [6, 6.07) is 2.04. The highest BCUT2D eigenvalue weighted by atomic mass is 32.1. The van der Waals surface area contributed by atoms with Crippen molar-refractivity contribution < 1.29 is 0 Å². The van der Waals surface area contributed by atoms with Crippen LogP contribution in [-0.2, 0) is 0 Å². The zero-order valence-corrected chi connectivity index (χ0v) is 10.8. The first-order chi connectivity index (χ1) is 7.49. The summed E-state index contributed by atoms with van der Waals surface area (Å²) >= 11 is 1.71. The van der Waals surface area contributed by atoms with Crippen LogP contribution >= 0.6 is 11.3 Å². The molecule has 2 rings (SSSR count). The second kappa shape index (κ2) is 3.90. The van der Waals surface area contributed by atoms with Crippen LogP contribution < -0.4 is 5.73 Å². The van der Waals surface area contributed by atoms with E-state index >= 15 is 0 Å². The third kappa shape index (κ3) is 1.82. The molecule has 0 saturated heterocycles. The van der Waals surface area contributed by atoms with Crippen molar-refractivity contribution in [2.45, 2.75) is 33.7 Å². The molecule has 0 aliphatic carbocycles. The summed E-state index contributed by atoms with van der Waals surface area (Å²) in [4.78, 5) is 5.66. The molecule has 0 aromatic carbocycles. The zero-order valence-electron chi connectivity index (χ0n) is 9.98. The highest BCUT2D eigenvalue weighted by Crippen LogP contribution is 2.28. The molecule has 1 atom stereocenters. The van der Waals surface area contributed by atoms with Crippen molar-refractivity contribution in [1.82, 2.24) is 14.8 Å². The summed E-state index contributed by atoms with van der Waals surface area (Å²) < 4.78 is 1.86. The predicted octanol–water partition coefficient (Wildman–Crippen LogP) is 2.46. The number of hydrogen-bond acceptors (Lipinski definition) is 4. The Labute approximate surface area is 99.1 Å². The van der Waals surface area contributed by atoms with E-state index in [9.17, 15) is 0 Å². The van der Waals surface area contributed by atoms with Crippen LogP contribution in [0.25, 0.3) is 0 Å². The van der Waals surface area contributed by atoms with Crippen LogP contribution in [0.1, 0.15) is 34.2 Å². The molecule has 5 heteroatoms. The molecule has 0 saturated carbocycles. The van der Waals surface area contributed by atoms with E-state index in [-0.39, 0.29) is 6.04 Å². The Morgan fingerprint density at radius 1 is 1.38 bits per heavy atom. The maximum absolute atomic E-state index is 5.92. The lowest BCUT2D eigenvalue weighted by Crippen LogP contribution is -2.11. The van der Waals surface area contributed by atoms with Gasteiger partial charge in [-0.1, -0.05) is 0 Å². The molecule has 1 unspecified atom stereocenters. The van der Waals surface area contributed by atoms with Crippen molar-refractivity contribution in [3.63, 3.8) is 0 Å². The molecule has 0 spiro atoms. The van der Waals surface area contributed by atoms with Crippen molar-refractivity contribution in [2.24, 2.45) is 0 Å². The molecule has 2 aromatic heterocycles. The number of nitrogens with two attached hydrogens (primary N) is 1. The smallest absolute Gasteiger partial charge is 0.122 e. The van der Waals surface area contributed by atoms with E-state index in [0.29, 0.717) is 5.82 Å².